The predicted molar refractivity (Wildman–Crippen MR) is 102 cm³/mol. The Morgan fingerprint density at radius 1 is 0.800 bits per heavy atom. The summed E-state index contributed by atoms with van der Waals surface area (Å²) in [6.45, 7) is 0. The zero-order valence-electron chi connectivity index (χ0n) is 15.9. The lowest BCUT2D eigenvalue weighted by atomic mass is 10.0. The molecule has 0 fully saturated rings. The molecule has 0 atom stereocenters. The fraction of sp³-hybridized carbons (Fsp3) is 0.667. The first-order valence-corrected chi connectivity index (χ1v) is 9.60. The van der Waals surface area contributed by atoms with Crippen molar-refractivity contribution in [2.75, 3.05) is 14.2 Å². The van der Waals surface area contributed by atoms with E-state index in [4.69, 9.17) is 14.6 Å². The number of carboxylic acid groups (broad SMARTS) is 1. The highest BCUT2D eigenvalue weighted by molar-refractivity contribution is 5.66. The van der Waals surface area contributed by atoms with Gasteiger partial charge in [0.2, 0.25) is 0 Å². The van der Waals surface area contributed by atoms with Gasteiger partial charge < -0.3 is 14.6 Å². The third-order valence-corrected chi connectivity index (χ3v) is 4.55. The van der Waals surface area contributed by atoms with E-state index in [0.29, 0.717) is 6.42 Å². The predicted octanol–water partition coefficient (Wildman–Crippen LogP) is 5.62. The number of aliphatic carboxylic acids is 1. The molecule has 0 spiro atoms. The molecule has 1 N–H and O–H groups in total. The van der Waals surface area contributed by atoms with Crippen molar-refractivity contribution < 1.29 is 19.4 Å². The van der Waals surface area contributed by atoms with Gasteiger partial charge in [0.25, 0.3) is 0 Å². The van der Waals surface area contributed by atoms with E-state index in [2.05, 4.69) is 12.1 Å². The number of aryl methyl sites for hydroxylation is 1. The molecule has 1 aromatic carbocycles. The molecule has 0 amide bonds. The number of benzene rings is 1. The normalized spacial score (nSPS) is 10.6. The first-order chi connectivity index (χ1) is 12.2. The summed E-state index contributed by atoms with van der Waals surface area (Å²) in [5, 5.41) is 8.57. The fourth-order valence-corrected chi connectivity index (χ4v) is 3.06. The quantitative estimate of drug-likeness (QED) is 0.417. The highest BCUT2D eigenvalue weighted by Gasteiger charge is 2.04. The van der Waals surface area contributed by atoms with Crippen molar-refractivity contribution in [3.63, 3.8) is 0 Å². The van der Waals surface area contributed by atoms with Crippen molar-refractivity contribution >= 4 is 5.97 Å². The van der Waals surface area contributed by atoms with Crippen LogP contribution >= 0.6 is 0 Å². The second-order valence-corrected chi connectivity index (χ2v) is 6.62. The van der Waals surface area contributed by atoms with Crippen LogP contribution in [0.4, 0.5) is 0 Å². The van der Waals surface area contributed by atoms with Crippen LogP contribution in [0.25, 0.3) is 0 Å². The third-order valence-electron chi connectivity index (χ3n) is 4.55. The van der Waals surface area contributed by atoms with Crippen molar-refractivity contribution in [2.24, 2.45) is 0 Å². The Morgan fingerprint density at radius 2 is 1.32 bits per heavy atom. The molecule has 142 valence electrons. The molecular weight excluding hydrogens is 316 g/mol. The summed E-state index contributed by atoms with van der Waals surface area (Å²) in [6.07, 6.45) is 13.4. The zero-order valence-corrected chi connectivity index (χ0v) is 15.9. The number of rotatable bonds is 15. The Balaban J connectivity index is 1.97. The first-order valence-electron chi connectivity index (χ1n) is 9.60. The Hall–Kier alpha value is -1.71. The summed E-state index contributed by atoms with van der Waals surface area (Å²) in [5.41, 5.74) is 1.30. The van der Waals surface area contributed by atoms with Gasteiger partial charge in [0, 0.05) is 6.42 Å². The average molecular weight is 350 g/mol. The summed E-state index contributed by atoms with van der Waals surface area (Å²) >= 11 is 0. The molecule has 1 rings (SSSR count). The highest BCUT2D eigenvalue weighted by Crippen LogP contribution is 2.28. The van der Waals surface area contributed by atoms with E-state index in [0.717, 1.165) is 30.8 Å². The lowest BCUT2D eigenvalue weighted by molar-refractivity contribution is -0.137. The summed E-state index contributed by atoms with van der Waals surface area (Å²) in [5.74, 6) is 0.922. The molecule has 25 heavy (non-hydrogen) atoms. The minimum absolute atomic E-state index is 0.320. The second-order valence-electron chi connectivity index (χ2n) is 6.62. The number of ether oxygens (including phenoxy) is 2. The van der Waals surface area contributed by atoms with Crippen LogP contribution in [0.2, 0.25) is 0 Å². The second kappa shape index (κ2) is 13.6. The van der Waals surface area contributed by atoms with Crippen LogP contribution in [0.15, 0.2) is 18.2 Å². The maximum atomic E-state index is 10.4. The number of carbonyl (C=O) groups is 1. The van der Waals surface area contributed by atoms with Gasteiger partial charge in [0.1, 0.15) is 0 Å². The molecule has 0 bridgehead atoms. The van der Waals surface area contributed by atoms with Crippen molar-refractivity contribution in [2.45, 2.75) is 77.0 Å². The minimum atomic E-state index is -0.673. The smallest absolute Gasteiger partial charge is 0.303 e. The molecular formula is C21H34O4. The Morgan fingerprint density at radius 3 is 1.84 bits per heavy atom. The number of hydrogen-bond acceptors (Lipinski definition) is 3. The van der Waals surface area contributed by atoms with Crippen LogP contribution in [0, 0.1) is 0 Å². The van der Waals surface area contributed by atoms with E-state index in [1.165, 1.54) is 56.9 Å². The average Bonchev–Trinajstić information content (AvgIpc) is 2.62. The number of carboxylic acids is 1. The molecule has 0 aliphatic rings. The van der Waals surface area contributed by atoms with Crippen molar-refractivity contribution in [1.29, 1.82) is 0 Å². The van der Waals surface area contributed by atoms with E-state index < -0.39 is 5.97 Å². The molecule has 0 unspecified atom stereocenters. The molecule has 0 aliphatic heterocycles. The van der Waals surface area contributed by atoms with Crippen molar-refractivity contribution in [1.82, 2.24) is 0 Å². The van der Waals surface area contributed by atoms with Gasteiger partial charge in [-0.05, 0) is 37.0 Å². The highest BCUT2D eigenvalue weighted by atomic mass is 16.5. The summed E-state index contributed by atoms with van der Waals surface area (Å²) in [7, 11) is 3.33. The van der Waals surface area contributed by atoms with Crippen LogP contribution in [-0.2, 0) is 11.2 Å². The molecule has 0 saturated carbocycles. The Bertz CT molecular complexity index is 485. The van der Waals surface area contributed by atoms with E-state index in [1.54, 1.807) is 14.2 Å². The zero-order chi connectivity index (χ0) is 18.3. The standard InChI is InChI=1S/C21H34O4/c1-24-19-16-15-18(17-20(19)25-2)13-11-9-7-5-3-4-6-8-10-12-14-21(22)23/h15-17H,3-14H2,1-2H3,(H,22,23). The largest absolute Gasteiger partial charge is 0.493 e. The van der Waals surface area contributed by atoms with Crippen molar-refractivity contribution in [3.05, 3.63) is 23.8 Å². The van der Waals surface area contributed by atoms with Crippen molar-refractivity contribution in [3.8, 4) is 11.5 Å². The molecule has 1 aromatic rings. The van der Waals surface area contributed by atoms with Gasteiger partial charge in [-0.3, -0.25) is 4.79 Å². The van der Waals surface area contributed by atoms with Crippen LogP contribution < -0.4 is 9.47 Å². The monoisotopic (exact) mass is 350 g/mol. The number of unbranched alkanes of at least 4 members (excludes halogenated alkanes) is 9. The number of methoxy groups -OCH3 is 2. The molecule has 4 heteroatoms. The molecule has 4 nitrogen and oxygen atoms in total. The van der Waals surface area contributed by atoms with E-state index in [1.807, 2.05) is 6.07 Å². The van der Waals surface area contributed by atoms with Crippen LogP contribution in [-0.4, -0.2) is 25.3 Å². The molecule has 0 aliphatic carbocycles. The summed E-state index contributed by atoms with van der Waals surface area (Å²) in [4.78, 5) is 10.4. The first kappa shape index (κ1) is 21.3. The topological polar surface area (TPSA) is 55.8 Å². The lowest BCUT2D eigenvalue weighted by Gasteiger charge is -2.09. The Kier molecular flexibility index (Phi) is 11.6. The molecule has 0 radical (unpaired) electrons. The lowest BCUT2D eigenvalue weighted by Crippen LogP contribution is -1.93. The van der Waals surface area contributed by atoms with Crippen LogP contribution in [0.3, 0.4) is 0 Å². The van der Waals surface area contributed by atoms with Gasteiger partial charge in [0.05, 0.1) is 14.2 Å². The fourth-order valence-electron chi connectivity index (χ4n) is 3.06. The number of hydrogen-bond donors (Lipinski definition) is 1. The van der Waals surface area contributed by atoms with Gasteiger partial charge in [0.15, 0.2) is 11.5 Å². The van der Waals surface area contributed by atoms with Gasteiger partial charge in [-0.15, -0.1) is 0 Å². The maximum absolute atomic E-state index is 10.4. The van der Waals surface area contributed by atoms with Gasteiger partial charge >= 0.3 is 5.97 Å². The molecule has 0 saturated heterocycles. The Labute approximate surface area is 152 Å². The van der Waals surface area contributed by atoms with E-state index in [-0.39, 0.29) is 0 Å². The van der Waals surface area contributed by atoms with E-state index in [9.17, 15) is 4.79 Å². The van der Waals surface area contributed by atoms with Gasteiger partial charge in [-0.2, -0.15) is 0 Å². The molecule has 0 heterocycles. The minimum Gasteiger partial charge on any atom is -0.493 e. The van der Waals surface area contributed by atoms with E-state index >= 15 is 0 Å². The van der Waals surface area contributed by atoms with Gasteiger partial charge in [-0.1, -0.05) is 57.4 Å². The maximum Gasteiger partial charge on any atom is 0.303 e. The third kappa shape index (κ3) is 10.0. The van der Waals surface area contributed by atoms with Gasteiger partial charge in [-0.25, -0.2) is 0 Å². The summed E-state index contributed by atoms with van der Waals surface area (Å²) < 4.78 is 10.6. The van der Waals surface area contributed by atoms with Crippen LogP contribution in [0.1, 0.15) is 76.2 Å². The SMILES string of the molecule is COc1ccc(CCCCCCCCCCCCC(=O)O)cc1OC. The summed E-state index contributed by atoms with van der Waals surface area (Å²) in [6, 6.07) is 6.17. The molecule has 0 aromatic heterocycles. The van der Waals surface area contributed by atoms with Crippen LogP contribution in [0.5, 0.6) is 11.5 Å².